The van der Waals surface area contributed by atoms with Crippen LogP contribution in [0.2, 0.25) is 0 Å². The molecule has 0 unspecified atom stereocenters. The van der Waals surface area contributed by atoms with Crippen molar-refractivity contribution < 1.29 is 9.53 Å². The highest BCUT2D eigenvalue weighted by atomic mass is 16.5. The summed E-state index contributed by atoms with van der Waals surface area (Å²) in [4.78, 5) is 10.9. The van der Waals surface area contributed by atoms with Gasteiger partial charge in [0.25, 0.3) is 0 Å². The summed E-state index contributed by atoms with van der Waals surface area (Å²) in [5.74, 6) is 0. The Kier molecular flexibility index (Phi) is 3.10. The molecule has 0 saturated carbocycles. The van der Waals surface area contributed by atoms with Crippen molar-refractivity contribution in [2.45, 2.75) is 25.0 Å². The average Bonchev–Trinajstić information content (AvgIpc) is 2.29. The van der Waals surface area contributed by atoms with Crippen LogP contribution in [-0.2, 0) is 4.74 Å². The summed E-state index contributed by atoms with van der Waals surface area (Å²) < 4.78 is 5.43. The number of hydrogen-bond acceptors (Lipinski definition) is 2. The summed E-state index contributed by atoms with van der Waals surface area (Å²) in [6, 6.07) is 7.54. The monoisotopic (exact) mass is 220 g/mol. The van der Waals surface area contributed by atoms with Gasteiger partial charge in [-0.15, -0.1) is 0 Å². The third kappa shape index (κ3) is 2.02. The molecule has 1 aromatic carbocycles. The van der Waals surface area contributed by atoms with Crippen LogP contribution in [0.25, 0.3) is 0 Å². The van der Waals surface area contributed by atoms with E-state index in [2.05, 4.69) is 5.32 Å². The zero-order valence-corrected chi connectivity index (χ0v) is 9.27. The molecule has 16 heavy (non-hydrogen) atoms. The summed E-state index contributed by atoms with van der Waals surface area (Å²) in [5, 5.41) is 2.77. The van der Waals surface area contributed by atoms with E-state index >= 15 is 0 Å². The zero-order valence-electron chi connectivity index (χ0n) is 9.27. The van der Waals surface area contributed by atoms with Gasteiger partial charge in [-0.1, -0.05) is 24.3 Å². The molecular weight excluding hydrogens is 204 g/mol. The van der Waals surface area contributed by atoms with Crippen LogP contribution in [0.15, 0.2) is 24.3 Å². The number of nitrogens with one attached hydrogen (secondary N) is 1. The Morgan fingerprint density at radius 2 is 2.06 bits per heavy atom. The van der Waals surface area contributed by atoms with Crippen molar-refractivity contribution >= 4 is 6.03 Å². The van der Waals surface area contributed by atoms with Crippen LogP contribution < -0.4 is 11.1 Å². The number of amides is 2. The normalized spacial score (nSPS) is 23.6. The Bertz CT molecular complexity index is 392. The van der Waals surface area contributed by atoms with E-state index in [0.29, 0.717) is 0 Å². The molecule has 4 nitrogen and oxygen atoms in total. The van der Waals surface area contributed by atoms with Crippen LogP contribution in [0.5, 0.6) is 0 Å². The highest BCUT2D eigenvalue weighted by Gasteiger charge is 2.27. The standard InChI is InChI=1S/C12H16N2O2/c1-16-11-7-6-10(14-12(13)15)8-4-2-3-5-9(8)11/h2-5,10-11H,6-7H2,1H3,(H3,13,14,15)/t10-,11-/m0/s1. The molecule has 2 rings (SSSR count). The fraction of sp³-hybridized carbons (Fsp3) is 0.417. The van der Waals surface area contributed by atoms with Gasteiger partial charge in [0, 0.05) is 7.11 Å². The van der Waals surface area contributed by atoms with E-state index in [1.54, 1.807) is 7.11 Å². The maximum Gasteiger partial charge on any atom is 0.312 e. The lowest BCUT2D eigenvalue weighted by molar-refractivity contribution is 0.0828. The van der Waals surface area contributed by atoms with Crippen LogP contribution in [0.1, 0.15) is 36.1 Å². The van der Waals surface area contributed by atoms with E-state index < -0.39 is 6.03 Å². The van der Waals surface area contributed by atoms with Crippen LogP contribution in [0, 0.1) is 0 Å². The van der Waals surface area contributed by atoms with Crippen LogP contribution in [-0.4, -0.2) is 13.1 Å². The Morgan fingerprint density at radius 3 is 2.69 bits per heavy atom. The first kappa shape index (κ1) is 11.0. The predicted octanol–water partition coefficient (Wildman–Crippen LogP) is 1.88. The Morgan fingerprint density at radius 1 is 1.38 bits per heavy atom. The number of primary amides is 1. The number of nitrogens with two attached hydrogens (primary N) is 1. The summed E-state index contributed by atoms with van der Waals surface area (Å²) in [5.41, 5.74) is 7.42. The molecule has 86 valence electrons. The number of ether oxygens (including phenoxy) is 1. The highest BCUT2D eigenvalue weighted by Crippen LogP contribution is 2.37. The van der Waals surface area contributed by atoms with Crippen molar-refractivity contribution in [3.05, 3.63) is 35.4 Å². The number of urea groups is 1. The van der Waals surface area contributed by atoms with Crippen molar-refractivity contribution in [2.24, 2.45) is 5.73 Å². The molecule has 2 amide bonds. The second-order valence-electron chi connectivity index (χ2n) is 3.99. The first-order valence-corrected chi connectivity index (χ1v) is 5.40. The van der Waals surface area contributed by atoms with Gasteiger partial charge < -0.3 is 15.8 Å². The molecule has 0 saturated heterocycles. The van der Waals surface area contributed by atoms with Crippen LogP contribution in [0.3, 0.4) is 0 Å². The molecule has 1 aromatic rings. The van der Waals surface area contributed by atoms with E-state index in [1.165, 1.54) is 0 Å². The summed E-state index contributed by atoms with van der Waals surface area (Å²) in [6.45, 7) is 0. The van der Waals surface area contributed by atoms with Crippen molar-refractivity contribution in [3.63, 3.8) is 0 Å². The fourth-order valence-corrected chi connectivity index (χ4v) is 2.32. The molecule has 0 aromatic heterocycles. The zero-order chi connectivity index (χ0) is 11.5. The van der Waals surface area contributed by atoms with Crippen LogP contribution >= 0.6 is 0 Å². The Labute approximate surface area is 94.8 Å². The smallest absolute Gasteiger partial charge is 0.312 e. The fourth-order valence-electron chi connectivity index (χ4n) is 2.32. The molecule has 0 heterocycles. The molecule has 0 bridgehead atoms. The first-order chi connectivity index (χ1) is 7.72. The van der Waals surface area contributed by atoms with Gasteiger partial charge in [-0.05, 0) is 24.0 Å². The average molecular weight is 220 g/mol. The topological polar surface area (TPSA) is 64.3 Å². The van der Waals surface area contributed by atoms with Crippen molar-refractivity contribution in [3.8, 4) is 0 Å². The number of rotatable bonds is 2. The highest BCUT2D eigenvalue weighted by molar-refractivity contribution is 5.72. The molecule has 0 spiro atoms. The number of fused-ring (bicyclic) bond motifs is 1. The first-order valence-electron chi connectivity index (χ1n) is 5.40. The van der Waals surface area contributed by atoms with Gasteiger partial charge >= 0.3 is 6.03 Å². The minimum absolute atomic E-state index is 0.0140. The van der Waals surface area contributed by atoms with Gasteiger partial charge in [0.2, 0.25) is 0 Å². The van der Waals surface area contributed by atoms with E-state index in [-0.39, 0.29) is 12.1 Å². The van der Waals surface area contributed by atoms with Gasteiger partial charge in [-0.3, -0.25) is 0 Å². The van der Waals surface area contributed by atoms with E-state index in [4.69, 9.17) is 10.5 Å². The maximum atomic E-state index is 10.9. The van der Waals surface area contributed by atoms with Crippen LogP contribution in [0.4, 0.5) is 4.79 Å². The van der Waals surface area contributed by atoms with Crippen molar-refractivity contribution in [1.29, 1.82) is 0 Å². The minimum Gasteiger partial charge on any atom is -0.377 e. The molecule has 0 fully saturated rings. The molecule has 0 radical (unpaired) electrons. The largest absolute Gasteiger partial charge is 0.377 e. The SMILES string of the molecule is CO[C@H]1CC[C@H](NC(N)=O)c2ccccc21. The maximum absolute atomic E-state index is 10.9. The lowest BCUT2D eigenvalue weighted by Crippen LogP contribution is -2.35. The molecular formula is C12H16N2O2. The molecule has 1 aliphatic rings. The quantitative estimate of drug-likeness (QED) is 0.799. The summed E-state index contributed by atoms with van der Waals surface area (Å²) >= 11 is 0. The lowest BCUT2D eigenvalue weighted by atomic mass is 9.86. The summed E-state index contributed by atoms with van der Waals surface area (Å²) in [7, 11) is 1.71. The van der Waals surface area contributed by atoms with Gasteiger partial charge in [0.15, 0.2) is 0 Å². The molecule has 4 heteroatoms. The second-order valence-corrected chi connectivity index (χ2v) is 3.99. The van der Waals surface area contributed by atoms with Gasteiger partial charge in [0.1, 0.15) is 0 Å². The minimum atomic E-state index is -0.476. The van der Waals surface area contributed by atoms with Crippen molar-refractivity contribution in [2.75, 3.05) is 7.11 Å². The van der Waals surface area contributed by atoms with Gasteiger partial charge in [0.05, 0.1) is 12.1 Å². The number of methoxy groups -OCH3 is 1. The number of carbonyl (C=O) groups excluding carboxylic acids is 1. The molecule has 0 aliphatic heterocycles. The Hall–Kier alpha value is -1.55. The Balaban J connectivity index is 2.31. The van der Waals surface area contributed by atoms with Gasteiger partial charge in [-0.2, -0.15) is 0 Å². The van der Waals surface area contributed by atoms with E-state index in [1.807, 2.05) is 24.3 Å². The predicted molar refractivity (Wildman–Crippen MR) is 60.9 cm³/mol. The third-order valence-corrected chi connectivity index (χ3v) is 3.04. The lowest BCUT2D eigenvalue weighted by Gasteiger charge is -2.30. The second kappa shape index (κ2) is 4.53. The number of carbonyl (C=O) groups is 1. The summed E-state index contributed by atoms with van der Waals surface area (Å²) in [6.07, 6.45) is 1.89. The third-order valence-electron chi connectivity index (χ3n) is 3.04. The van der Waals surface area contributed by atoms with E-state index in [9.17, 15) is 4.79 Å². The molecule has 1 aliphatic carbocycles. The molecule has 3 N–H and O–H groups in total. The van der Waals surface area contributed by atoms with Crippen molar-refractivity contribution in [1.82, 2.24) is 5.32 Å². The van der Waals surface area contributed by atoms with E-state index in [0.717, 1.165) is 24.0 Å². The van der Waals surface area contributed by atoms with Gasteiger partial charge in [-0.25, -0.2) is 4.79 Å². The molecule has 2 atom stereocenters. The number of benzene rings is 1. The number of hydrogen-bond donors (Lipinski definition) is 2.